The molecule has 1 aromatic heterocycles. The third kappa shape index (κ3) is 3.49. The van der Waals surface area contributed by atoms with E-state index in [-0.39, 0.29) is 9.45 Å². The Labute approximate surface area is 96.6 Å². The first kappa shape index (κ1) is 11.8. The molecule has 78 valence electrons. The van der Waals surface area contributed by atoms with Gasteiger partial charge in [0.1, 0.15) is 0 Å². The van der Waals surface area contributed by atoms with Gasteiger partial charge in [0.25, 0.3) is 0 Å². The van der Waals surface area contributed by atoms with Gasteiger partial charge < -0.3 is 4.74 Å². The molecule has 0 aliphatic heterocycles. The van der Waals surface area contributed by atoms with Gasteiger partial charge in [-0.05, 0) is 34.7 Å². The maximum absolute atomic E-state index is 11.9. The van der Waals surface area contributed by atoms with E-state index in [0.717, 1.165) is 0 Å². The third-order valence-corrected chi connectivity index (χ3v) is 2.32. The summed E-state index contributed by atoms with van der Waals surface area (Å²) in [5.74, 6) is -0.415. The predicted molar refractivity (Wildman–Crippen MR) is 53.2 cm³/mol. The quantitative estimate of drug-likeness (QED) is 0.610. The van der Waals surface area contributed by atoms with Crippen LogP contribution >= 0.6 is 34.2 Å². The summed E-state index contributed by atoms with van der Waals surface area (Å²) in [5.41, 5.74) is 0.339. The van der Waals surface area contributed by atoms with Crippen LogP contribution in [-0.4, -0.2) is 11.3 Å². The summed E-state index contributed by atoms with van der Waals surface area (Å²) in [6.45, 7) is 0. The largest absolute Gasteiger partial charge is 0.574 e. The first-order chi connectivity index (χ1) is 6.42. The molecule has 0 saturated heterocycles. The van der Waals surface area contributed by atoms with Gasteiger partial charge in [-0.15, -0.1) is 24.8 Å². The summed E-state index contributed by atoms with van der Waals surface area (Å²) in [5, 5.41) is 0. The van der Waals surface area contributed by atoms with E-state index in [2.05, 4.69) is 9.72 Å². The molecule has 0 radical (unpaired) electrons. The average Bonchev–Trinajstić information content (AvgIpc) is 2.06. The van der Waals surface area contributed by atoms with Gasteiger partial charge in [0, 0.05) is 0 Å². The number of hydrogen-bond donors (Lipinski definition) is 0. The van der Waals surface area contributed by atoms with Crippen LogP contribution in [-0.2, 0) is 5.88 Å². The minimum Gasteiger partial charge on any atom is -0.387 e. The first-order valence-corrected chi connectivity index (χ1v) is 5.01. The van der Waals surface area contributed by atoms with Crippen molar-refractivity contribution < 1.29 is 17.9 Å². The fraction of sp³-hybridized carbons (Fsp3) is 0.286. The SMILES string of the molecule is FC(F)(F)Oc1nc(CCl)ccc1I. The van der Waals surface area contributed by atoms with Crippen LogP contribution in [0.2, 0.25) is 0 Å². The van der Waals surface area contributed by atoms with Gasteiger partial charge in [0.15, 0.2) is 0 Å². The molecule has 0 amide bonds. The third-order valence-electron chi connectivity index (χ3n) is 1.22. The van der Waals surface area contributed by atoms with Crippen molar-refractivity contribution in [3.63, 3.8) is 0 Å². The van der Waals surface area contributed by atoms with Gasteiger partial charge in [-0.3, -0.25) is 0 Å². The fourth-order valence-corrected chi connectivity index (χ4v) is 1.28. The van der Waals surface area contributed by atoms with Crippen LogP contribution in [0.3, 0.4) is 0 Å². The highest BCUT2D eigenvalue weighted by Crippen LogP contribution is 2.26. The van der Waals surface area contributed by atoms with E-state index < -0.39 is 12.2 Å². The Balaban J connectivity index is 2.95. The normalized spacial score (nSPS) is 11.5. The first-order valence-electron chi connectivity index (χ1n) is 3.39. The van der Waals surface area contributed by atoms with E-state index in [1.807, 2.05) is 0 Å². The summed E-state index contributed by atoms with van der Waals surface area (Å²) in [6, 6.07) is 3.00. The number of alkyl halides is 4. The van der Waals surface area contributed by atoms with Crippen molar-refractivity contribution in [2.24, 2.45) is 0 Å². The van der Waals surface area contributed by atoms with Gasteiger partial charge in [-0.2, -0.15) is 0 Å². The molecule has 1 aromatic rings. The van der Waals surface area contributed by atoms with Crippen molar-refractivity contribution in [1.82, 2.24) is 4.98 Å². The van der Waals surface area contributed by atoms with Gasteiger partial charge in [0.2, 0.25) is 5.88 Å². The highest BCUT2D eigenvalue weighted by atomic mass is 127. The Hall–Kier alpha value is -0.240. The van der Waals surface area contributed by atoms with Crippen molar-refractivity contribution in [2.45, 2.75) is 12.2 Å². The van der Waals surface area contributed by atoms with Crippen molar-refractivity contribution in [3.05, 3.63) is 21.4 Å². The van der Waals surface area contributed by atoms with Crippen molar-refractivity contribution in [2.75, 3.05) is 0 Å². The Morgan fingerprint density at radius 2 is 2.07 bits per heavy atom. The van der Waals surface area contributed by atoms with E-state index >= 15 is 0 Å². The molecule has 0 atom stereocenters. The Morgan fingerprint density at radius 3 is 2.57 bits per heavy atom. The minimum atomic E-state index is -4.72. The molecule has 7 heteroatoms. The summed E-state index contributed by atoms with van der Waals surface area (Å²) in [6.07, 6.45) is -4.72. The van der Waals surface area contributed by atoms with Crippen LogP contribution in [0, 0.1) is 3.57 Å². The molecule has 0 N–H and O–H groups in total. The lowest BCUT2D eigenvalue weighted by Gasteiger charge is -2.09. The smallest absolute Gasteiger partial charge is 0.387 e. The highest BCUT2D eigenvalue weighted by Gasteiger charge is 2.32. The minimum absolute atomic E-state index is 0.0468. The molecule has 1 heterocycles. The lowest BCUT2D eigenvalue weighted by molar-refractivity contribution is -0.276. The highest BCUT2D eigenvalue weighted by molar-refractivity contribution is 14.1. The molecule has 0 bridgehead atoms. The molecule has 0 aliphatic carbocycles. The molecule has 0 spiro atoms. The van der Waals surface area contributed by atoms with Crippen LogP contribution < -0.4 is 4.74 Å². The summed E-state index contributed by atoms with van der Waals surface area (Å²) < 4.78 is 39.6. The van der Waals surface area contributed by atoms with E-state index in [9.17, 15) is 13.2 Å². The lowest BCUT2D eigenvalue weighted by atomic mass is 10.4. The van der Waals surface area contributed by atoms with Crippen LogP contribution in [0.4, 0.5) is 13.2 Å². The molecule has 1 rings (SSSR count). The van der Waals surface area contributed by atoms with Gasteiger partial charge in [-0.25, -0.2) is 4.98 Å². The molecule has 0 aromatic carbocycles. The number of ether oxygens (including phenoxy) is 1. The van der Waals surface area contributed by atoms with Crippen LogP contribution in [0.1, 0.15) is 5.69 Å². The molecule has 14 heavy (non-hydrogen) atoms. The van der Waals surface area contributed by atoms with E-state index in [1.165, 1.54) is 12.1 Å². The molecule has 0 aliphatic rings. The fourth-order valence-electron chi connectivity index (χ4n) is 0.717. The number of pyridine rings is 1. The summed E-state index contributed by atoms with van der Waals surface area (Å²) >= 11 is 7.12. The van der Waals surface area contributed by atoms with E-state index in [1.54, 1.807) is 22.6 Å². The molecule has 0 fully saturated rings. The monoisotopic (exact) mass is 337 g/mol. The maximum atomic E-state index is 11.9. The molecule has 0 unspecified atom stereocenters. The van der Waals surface area contributed by atoms with Crippen LogP contribution in [0.25, 0.3) is 0 Å². The Bertz CT molecular complexity index is 331. The zero-order chi connectivity index (χ0) is 10.8. The maximum Gasteiger partial charge on any atom is 0.574 e. The number of halogens is 5. The second-order valence-corrected chi connectivity index (χ2v) is 3.70. The second kappa shape index (κ2) is 4.52. The predicted octanol–water partition coefficient (Wildman–Crippen LogP) is 3.32. The van der Waals surface area contributed by atoms with Gasteiger partial charge >= 0.3 is 6.36 Å². The number of hydrogen-bond acceptors (Lipinski definition) is 2. The van der Waals surface area contributed by atoms with Crippen LogP contribution in [0.5, 0.6) is 5.88 Å². The standard InChI is InChI=1S/C7H4ClF3INO/c8-3-4-1-2-5(12)6(13-4)14-7(9,10)11/h1-2H,3H2. The van der Waals surface area contributed by atoms with Crippen molar-refractivity contribution in [3.8, 4) is 5.88 Å². The number of aromatic nitrogens is 1. The molecular formula is C7H4ClF3INO. The van der Waals surface area contributed by atoms with Crippen molar-refractivity contribution in [1.29, 1.82) is 0 Å². The topological polar surface area (TPSA) is 22.1 Å². The summed E-state index contributed by atoms with van der Waals surface area (Å²) in [7, 11) is 0. The number of rotatable bonds is 2. The van der Waals surface area contributed by atoms with E-state index in [4.69, 9.17) is 11.6 Å². The molecule has 2 nitrogen and oxygen atoms in total. The zero-order valence-corrected chi connectivity index (χ0v) is 9.52. The Morgan fingerprint density at radius 1 is 1.43 bits per heavy atom. The summed E-state index contributed by atoms with van der Waals surface area (Å²) in [4.78, 5) is 3.59. The second-order valence-electron chi connectivity index (χ2n) is 2.27. The Kier molecular flexibility index (Phi) is 3.82. The van der Waals surface area contributed by atoms with Gasteiger partial charge in [-0.1, -0.05) is 0 Å². The average molecular weight is 337 g/mol. The van der Waals surface area contributed by atoms with Gasteiger partial charge in [0.05, 0.1) is 15.1 Å². The molecular weight excluding hydrogens is 333 g/mol. The molecule has 0 saturated carbocycles. The number of nitrogens with zero attached hydrogens (tertiary/aromatic N) is 1. The van der Waals surface area contributed by atoms with Crippen molar-refractivity contribution >= 4 is 34.2 Å². The van der Waals surface area contributed by atoms with Crippen LogP contribution in [0.15, 0.2) is 12.1 Å². The lowest BCUT2D eigenvalue weighted by Crippen LogP contribution is -2.19. The zero-order valence-electron chi connectivity index (χ0n) is 6.61. The van der Waals surface area contributed by atoms with E-state index in [0.29, 0.717) is 5.69 Å².